The number of hydrogen-bond acceptors (Lipinski definition) is 6. The lowest BCUT2D eigenvalue weighted by Gasteiger charge is -2.09. The predicted octanol–water partition coefficient (Wildman–Crippen LogP) is 2.36. The molecule has 0 aliphatic carbocycles. The minimum Gasteiger partial charge on any atom is -0.354 e. The van der Waals surface area contributed by atoms with Crippen LogP contribution < -0.4 is 10.6 Å². The number of unbranched alkanes of at least 4 members (excludes halogenated alkanes) is 3. The number of hydrogen-bond donors (Lipinski definition) is 2. The van der Waals surface area contributed by atoms with Crippen molar-refractivity contribution in [2.24, 2.45) is 0 Å². The van der Waals surface area contributed by atoms with Gasteiger partial charge in [-0.1, -0.05) is 12.8 Å². The second-order valence-corrected chi connectivity index (χ2v) is 7.10. The molecule has 0 aromatic heterocycles. The molecule has 0 saturated heterocycles. The smallest absolute Gasteiger partial charge is 0.220 e. The lowest BCUT2D eigenvalue weighted by molar-refractivity contribution is -0.123. The Morgan fingerprint density at radius 3 is 1.43 bits per heavy atom. The third-order valence-corrected chi connectivity index (χ3v) is 3.66. The molecule has 0 rings (SSSR count). The summed E-state index contributed by atoms with van der Waals surface area (Å²) in [5.74, 6) is 0.0696. The van der Waals surface area contributed by atoms with Crippen LogP contribution in [-0.4, -0.2) is 63.9 Å². The van der Waals surface area contributed by atoms with Gasteiger partial charge < -0.3 is 29.6 Å². The van der Waals surface area contributed by atoms with E-state index in [1.807, 2.05) is 27.7 Å². The summed E-state index contributed by atoms with van der Waals surface area (Å²) in [6.45, 7) is 10.2. The Hall–Kier alpha value is -1.22. The summed E-state index contributed by atoms with van der Waals surface area (Å²) in [6.07, 6.45) is 4.83. The Kier molecular flexibility index (Phi) is 18.3. The second kappa shape index (κ2) is 19.1. The van der Waals surface area contributed by atoms with Gasteiger partial charge in [-0.15, -0.1) is 0 Å². The van der Waals surface area contributed by atoms with Crippen LogP contribution in [0.4, 0.5) is 0 Å². The van der Waals surface area contributed by atoms with Crippen molar-refractivity contribution in [2.45, 2.75) is 78.4 Å². The number of carbonyl (C=O) groups excluding carboxylic acids is 2. The Labute approximate surface area is 170 Å². The minimum absolute atomic E-state index is 0.0348. The van der Waals surface area contributed by atoms with E-state index in [1.54, 1.807) is 0 Å². The molecule has 0 saturated carbocycles. The molecule has 0 bridgehead atoms. The summed E-state index contributed by atoms with van der Waals surface area (Å²) in [6, 6.07) is 0. The fourth-order valence-corrected chi connectivity index (χ4v) is 2.11. The summed E-state index contributed by atoms with van der Waals surface area (Å²) < 4.78 is 21.0. The van der Waals surface area contributed by atoms with Crippen LogP contribution in [0.5, 0.6) is 0 Å². The minimum atomic E-state index is 0.0348. The average molecular weight is 405 g/mol. The van der Waals surface area contributed by atoms with E-state index in [4.69, 9.17) is 18.9 Å². The average Bonchev–Trinajstić information content (AvgIpc) is 2.63. The molecule has 0 radical (unpaired) electrons. The van der Waals surface area contributed by atoms with E-state index in [2.05, 4.69) is 10.6 Å². The molecule has 0 spiro atoms. The van der Waals surface area contributed by atoms with Crippen LogP contribution >= 0.6 is 0 Å². The SMILES string of the molecule is CC(C)OCOCCNC(=O)CCCCCCC(=O)NCCOCOC(C)C. The van der Waals surface area contributed by atoms with E-state index in [9.17, 15) is 9.59 Å². The van der Waals surface area contributed by atoms with Crippen molar-refractivity contribution in [3.63, 3.8) is 0 Å². The monoisotopic (exact) mass is 404 g/mol. The van der Waals surface area contributed by atoms with Crippen molar-refractivity contribution >= 4 is 11.8 Å². The normalized spacial score (nSPS) is 11.2. The summed E-state index contributed by atoms with van der Waals surface area (Å²) in [4.78, 5) is 23.3. The first-order valence-electron chi connectivity index (χ1n) is 10.3. The van der Waals surface area contributed by atoms with Gasteiger partial charge >= 0.3 is 0 Å². The second-order valence-electron chi connectivity index (χ2n) is 7.10. The highest BCUT2D eigenvalue weighted by Crippen LogP contribution is 2.05. The quantitative estimate of drug-likeness (QED) is 0.253. The van der Waals surface area contributed by atoms with Gasteiger partial charge in [0, 0.05) is 25.9 Å². The van der Waals surface area contributed by atoms with Gasteiger partial charge in [0.15, 0.2) is 0 Å². The van der Waals surface area contributed by atoms with Gasteiger partial charge in [-0.2, -0.15) is 0 Å². The van der Waals surface area contributed by atoms with E-state index in [0.717, 1.165) is 25.7 Å². The van der Waals surface area contributed by atoms with Crippen molar-refractivity contribution < 1.29 is 28.5 Å². The van der Waals surface area contributed by atoms with Crippen LogP contribution in [0.15, 0.2) is 0 Å². The summed E-state index contributed by atoms with van der Waals surface area (Å²) in [5.41, 5.74) is 0. The number of ether oxygens (including phenoxy) is 4. The number of nitrogens with one attached hydrogen (secondary N) is 2. The highest BCUT2D eigenvalue weighted by molar-refractivity contribution is 5.76. The third kappa shape index (κ3) is 21.1. The molecule has 0 unspecified atom stereocenters. The molecular formula is C20H40N2O6. The molecule has 0 atom stereocenters. The Bertz CT molecular complexity index is 355. The Balaban J connectivity index is 3.32. The maximum absolute atomic E-state index is 11.7. The van der Waals surface area contributed by atoms with E-state index in [1.165, 1.54) is 0 Å². The van der Waals surface area contributed by atoms with Crippen molar-refractivity contribution in [1.29, 1.82) is 0 Å². The maximum Gasteiger partial charge on any atom is 0.220 e. The van der Waals surface area contributed by atoms with Gasteiger partial charge in [-0.3, -0.25) is 9.59 Å². The molecule has 8 nitrogen and oxygen atoms in total. The number of amides is 2. The molecule has 0 aliphatic heterocycles. The van der Waals surface area contributed by atoms with Crippen molar-refractivity contribution in [1.82, 2.24) is 10.6 Å². The van der Waals surface area contributed by atoms with E-state index in [0.29, 0.717) is 39.1 Å². The first-order valence-corrected chi connectivity index (χ1v) is 10.3. The van der Waals surface area contributed by atoms with Gasteiger partial charge in [0.25, 0.3) is 0 Å². The fraction of sp³-hybridized carbons (Fsp3) is 0.900. The highest BCUT2D eigenvalue weighted by atomic mass is 16.7. The van der Waals surface area contributed by atoms with Crippen molar-refractivity contribution in [2.75, 3.05) is 39.9 Å². The first kappa shape index (κ1) is 26.8. The predicted molar refractivity (Wildman–Crippen MR) is 108 cm³/mol. The largest absolute Gasteiger partial charge is 0.354 e. The van der Waals surface area contributed by atoms with Crippen LogP contribution in [-0.2, 0) is 28.5 Å². The zero-order chi connectivity index (χ0) is 21.0. The Morgan fingerprint density at radius 2 is 1.07 bits per heavy atom. The van der Waals surface area contributed by atoms with Gasteiger partial charge in [-0.25, -0.2) is 0 Å². The molecular weight excluding hydrogens is 364 g/mol. The summed E-state index contributed by atoms with van der Waals surface area (Å²) in [5, 5.41) is 5.64. The van der Waals surface area contributed by atoms with Gasteiger partial charge in [-0.05, 0) is 40.5 Å². The molecule has 8 heteroatoms. The molecule has 0 heterocycles. The fourth-order valence-electron chi connectivity index (χ4n) is 2.11. The molecule has 0 aromatic carbocycles. The highest BCUT2D eigenvalue weighted by Gasteiger charge is 2.03. The molecule has 28 heavy (non-hydrogen) atoms. The van der Waals surface area contributed by atoms with Crippen LogP contribution in [0.3, 0.4) is 0 Å². The zero-order valence-corrected chi connectivity index (χ0v) is 18.1. The molecule has 2 N–H and O–H groups in total. The lowest BCUT2D eigenvalue weighted by atomic mass is 10.1. The molecule has 0 aromatic rings. The van der Waals surface area contributed by atoms with E-state index in [-0.39, 0.29) is 37.6 Å². The van der Waals surface area contributed by atoms with E-state index < -0.39 is 0 Å². The van der Waals surface area contributed by atoms with Gasteiger partial charge in [0.1, 0.15) is 13.6 Å². The maximum atomic E-state index is 11.7. The summed E-state index contributed by atoms with van der Waals surface area (Å²) in [7, 11) is 0. The zero-order valence-electron chi connectivity index (χ0n) is 18.1. The summed E-state index contributed by atoms with van der Waals surface area (Å²) >= 11 is 0. The first-order chi connectivity index (χ1) is 13.4. The van der Waals surface area contributed by atoms with Crippen molar-refractivity contribution in [3.05, 3.63) is 0 Å². The standard InChI is InChI=1S/C20H40N2O6/c1-17(2)27-15-25-13-11-21-19(23)9-7-5-6-8-10-20(24)22-12-14-26-16-28-18(3)4/h17-18H,5-16H2,1-4H3,(H,21,23)(H,22,24). The molecule has 0 fully saturated rings. The van der Waals surface area contributed by atoms with Crippen molar-refractivity contribution in [3.8, 4) is 0 Å². The van der Waals surface area contributed by atoms with Crippen LogP contribution in [0.2, 0.25) is 0 Å². The molecule has 0 aliphatic rings. The van der Waals surface area contributed by atoms with E-state index >= 15 is 0 Å². The third-order valence-electron chi connectivity index (χ3n) is 3.66. The van der Waals surface area contributed by atoms with Crippen LogP contribution in [0.1, 0.15) is 66.2 Å². The number of rotatable bonds is 19. The number of carbonyl (C=O) groups is 2. The Morgan fingerprint density at radius 1 is 0.679 bits per heavy atom. The van der Waals surface area contributed by atoms with Crippen LogP contribution in [0.25, 0.3) is 0 Å². The van der Waals surface area contributed by atoms with Gasteiger partial charge in [0.2, 0.25) is 11.8 Å². The molecule has 166 valence electrons. The van der Waals surface area contributed by atoms with Gasteiger partial charge in [0.05, 0.1) is 25.4 Å². The topological polar surface area (TPSA) is 95.1 Å². The molecule has 2 amide bonds. The van der Waals surface area contributed by atoms with Crippen LogP contribution in [0, 0.1) is 0 Å². The lowest BCUT2D eigenvalue weighted by Crippen LogP contribution is -2.27.